The maximum atomic E-state index is 12.9. The number of ether oxygens (including phenoxy) is 1. The molecule has 30 heavy (non-hydrogen) atoms. The van der Waals surface area contributed by atoms with Crippen LogP contribution in [0.15, 0.2) is 82.2 Å². The first kappa shape index (κ1) is 22.0. The summed E-state index contributed by atoms with van der Waals surface area (Å²) in [6.45, 7) is 0.226. The molecule has 1 amide bonds. The van der Waals surface area contributed by atoms with Crippen molar-refractivity contribution in [3.63, 3.8) is 0 Å². The highest BCUT2D eigenvalue weighted by Crippen LogP contribution is 2.25. The van der Waals surface area contributed by atoms with E-state index in [0.717, 1.165) is 10.0 Å². The molecule has 0 saturated heterocycles. The van der Waals surface area contributed by atoms with E-state index < -0.39 is 15.9 Å². The van der Waals surface area contributed by atoms with E-state index in [-0.39, 0.29) is 22.8 Å². The fourth-order valence-corrected chi connectivity index (χ4v) is 4.47. The maximum absolute atomic E-state index is 12.9. The zero-order chi connectivity index (χ0) is 21.6. The highest BCUT2D eigenvalue weighted by molar-refractivity contribution is 9.10. The first-order chi connectivity index (χ1) is 14.4. The summed E-state index contributed by atoms with van der Waals surface area (Å²) in [7, 11) is -2.48. The summed E-state index contributed by atoms with van der Waals surface area (Å²) in [4.78, 5) is 12.5. The number of rotatable bonds is 8. The zero-order valence-electron chi connectivity index (χ0n) is 16.3. The lowest BCUT2D eigenvalue weighted by Crippen LogP contribution is -2.27. The Hall–Kier alpha value is -2.68. The molecule has 3 aromatic carbocycles. The molecule has 156 valence electrons. The van der Waals surface area contributed by atoms with E-state index in [1.165, 1.54) is 25.3 Å². The number of sulfonamides is 1. The first-order valence-electron chi connectivity index (χ1n) is 9.17. The minimum atomic E-state index is -3.87. The molecule has 0 atom stereocenters. The van der Waals surface area contributed by atoms with Crippen molar-refractivity contribution >= 4 is 37.5 Å². The number of carbonyl (C=O) groups excluding carboxylic acids is 1. The van der Waals surface area contributed by atoms with Crippen LogP contribution in [0.5, 0.6) is 5.75 Å². The van der Waals surface area contributed by atoms with Crippen LogP contribution in [-0.2, 0) is 16.4 Å². The molecular formula is C22H21BrN2O4S. The average Bonchev–Trinajstić information content (AvgIpc) is 2.74. The van der Waals surface area contributed by atoms with Crippen molar-refractivity contribution in [2.45, 2.75) is 11.3 Å². The lowest BCUT2D eigenvalue weighted by Gasteiger charge is -2.13. The molecule has 0 radical (unpaired) electrons. The first-order valence-corrected chi connectivity index (χ1v) is 11.5. The highest BCUT2D eigenvalue weighted by atomic mass is 79.9. The summed E-state index contributed by atoms with van der Waals surface area (Å²) in [6.07, 6.45) is 0.547. The third-order valence-corrected chi connectivity index (χ3v) is 6.32. The van der Waals surface area contributed by atoms with Gasteiger partial charge in [0, 0.05) is 22.3 Å². The Morgan fingerprint density at radius 3 is 2.47 bits per heavy atom. The van der Waals surface area contributed by atoms with Crippen LogP contribution in [0.3, 0.4) is 0 Å². The number of nitrogens with one attached hydrogen (secondary N) is 2. The molecule has 0 aliphatic carbocycles. The highest BCUT2D eigenvalue weighted by Gasteiger charge is 2.21. The molecule has 3 aromatic rings. The summed E-state index contributed by atoms with van der Waals surface area (Å²) in [6, 6.07) is 21.0. The fraction of sp³-hybridized carbons (Fsp3) is 0.136. The molecule has 0 bridgehead atoms. The van der Waals surface area contributed by atoms with Gasteiger partial charge in [0.2, 0.25) is 10.0 Å². The van der Waals surface area contributed by atoms with Gasteiger partial charge < -0.3 is 10.1 Å². The van der Waals surface area contributed by atoms with Gasteiger partial charge in [0.15, 0.2) is 0 Å². The third kappa shape index (κ3) is 5.69. The molecule has 8 heteroatoms. The van der Waals surface area contributed by atoms with Gasteiger partial charge in [-0.25, -0.2) is 13.1 Å². The van der Waals surface area contributed by atoms with Gasteiger partial charge in [0.05, 0.1) is 7.11 Å². The number of benzene rings is 3. The Balaban J connectivity index is 1.78. The van der Waals surface area contributed by atoms with Gasteiger partial charge >= 0.3 is 0 Å². The molecule has 6 nitrogen and oxygen atoms in total. The van der Waals surface area contributed by atoms with Crippen LogP contribution in [0.4, 0.5) is 5.69 Å². The number of hydrogen-bond acceptors (Lipinski definition) is 4. The lowest BCUT2D eigenvalue weighted by molar-refractivity contribution is 0.102. The minimum absolute atomic E-state index is 0.0834. The Bertz CT molecular complexity index is 1130. The zero-order valence-corrected chi connectivity index (χ0v) is 18.7. The number of carbonyl (C=O) groups is 1. The van der Waals surface area contributed by atoms with Crippen LogP contribution in [-0.4, -0.2) is 28.0 Å². The van der Waals surface area contributed by atoms with E-state index >= 15 is 0 Å². The van der Waals surface area contributed by atoms with Gasteiger partial charge in [-0.05, 0) is 48.4 Å². The van der Waals surface area contributed by atoms with Gasteiger partial charge in [-0.1, -0.05) is 52.3 Å². The molecule has 0 heterocycles. The predicted octanol–water partition coefficient (Wildman–Crippen LogP) is 4.23. The van der Waals surface area contributed by atoms with Crippen LogP contribution in [0, 0.1) is 0 Å². The van der Waals surface area contributed by atoms with Gasteiger partial charge in [0.25, 0.3) is 5.91 Å². The fourth-order valence-electron chi connectivity index (χ4n) is 2.85. The second-order valence-electron chi connectivity index (χ2n) is 6.46. The van der Waals surface area contributed by atoms with E-state index in [1.807, 2.05) is 36.4 Å². The van der Waals surface area contributed by atoms with E-state index in [0.29, 0.717) is 12.1 Å². The van der Waals surface area contributed by atoms with Crippen LogP contribution in [0.1, 0.15) is 15.9 Å². The average molecular weight is 489 g/mol. The molecule has 0 saturated carbocycles. The van der Waals surface area contributed by atoms with Crippen molar-refractivity contribution in [1.82, 2.24) is 4.72 Å². The van der Waals surface area contributed by atoms with Crippen molar-refractivity contribution in [3.8, 4) is 5.75 Å². The topological polar surface area (TPSA) is 84.5 Å². The SMILES string of the molecule is COc1ccc(C(=O)Nc2cccc(Br)c2)cc1S(=O)(=O)NCCc1ccccc1. The minimum Gasteiger partial charge on any atom is -0.495 e. The second-order valence-corrected chi connectivity index (χ2v) is 9.11. The molecular weight excluding hydrogens is 468 g/mol. The van der Waals surface area contributed by atoms with Gasteiger partial charge in [-0.2, -0.15) is 0 Å². The normalized spacial score (nSPS) is 11.1. The van der Waals surface area contributed by atoms with Crippen molar-refractivity contribution in [2.24, 2.45) is 0 Å². The summed E-state index contributed by atoms with van der Waals surface area (Å²) in [5.74, 6) is -0.252. The summed E-state index contributed by atoms with van der Waals surface area (Å²) >= 11 is 3.35. The molecule has 0 spiro atoms. The second kappa shape index (κ2) is 9.88. The van der Waals surface area contributed by atoms with Crippen molar-refractivity contribution in [3.05, 3.63) is 88.4 Å². The molecule has 2 N–H and O–H groups in total. The lowest BCUT2D eigenvalue weighted by atomic mass is 10.2. The standard InChI is InChI=1S/C22H21BrN2O4S/c1-29-20-11-10-17(22(26)25-19-9-5-8-18(23)15-19)14-21(20)30(27,28)24-13-12-16-6-3-2-4-7-16/h2-11,14-15,24H,12-13H2,1H3,(H,25,26). The Kier molecular flexibility index (Phi) is 7.25. The number of anilines is 1. The molecule has 0 aliphatic heterocycles. The Labute approximate surface area is 184 Å². The molecule has 0 fully saturated rings. The van der Waals surface area contributed by atoms with Crippen LogP contribution in [0.2, 0.25) is 0 Å². The number of methoxy groups -OCH3 is 1. The number of hydrogen-bond donors (Lipinski definition) is 2. The van der Waals surface area contributed by atoms with Gasteiger partial charge in [-0.3, -0.25) is 4.79 Å². The van der Waals surface area contributed by atoms with E-state index in [4.69, 9.17) is 4.74 Å². The Morgan fingerprint density at radius 1 is 1.00 bits per heavy atom. The maximum Gasteiger partial charge on any atom is 0.255 e. The van der Waals surface area contributed by atoms with Crippen LogP contribution in [0.25, 0.3) is 0 Å². The quantitative estimate of drug-likeness (QED) is 0.496. The van der Waals surface area contributed by atoms with Crippen molar-refractivity contribution < 1.29 is 17.9 Å². The Morgan fingerprint density at radius 2 is 1.77 bits per heavy atom. The van der Waals surface area contributed by atoms with Crippen LogP contribution < -0.4 is 14.8 Å². The van der Waals surface area contributed by atoms with E-state index in [1.54, 1.807) is 18.2 Å². The predicted molar refractivity (Wildman–Crippen MR) is 120 cm³/mol. The molecule has 0 aliphatic rings. The van der Waals surface area contributed by atoms with E-state index in [9.17, 15) is 13.2 Å². The van der Waals surface area contributed by atoms with E-state index in [2.05, 4.69) is 26.0 Å². The smallest absolute Gasteiger partial charge is 0.255 e. The summed E-state index contributed by atoms with van der Waals surface area (Å²) < 4.78 is 34.3. The largest absolute Gasteiger partial charge is 0.495 e. The summed E-state index contributed by atoms with van der Waals surface area (Å²) in [5.41, 5.74) is 1.82. The van der Waals surface area contributed by atoms with Gasteiger partial charge in [-0.15, -0.1) is 0 Å². The molecule has 0 aromatic heterocycles. The number of halogens is 1. The van der Waals surface area contributed by atoms with Crippen molar-refractivity contribution in [2.75, 3.05) is 19.0 Å². The van der Waals surface area contributed by atoms with Crippen molar-refractivity contribution in [1.29, 1.82) is 0 Å². The number of amides is 1. The van der Waals surface area contributed by atoms with Crippen LogP contribution >= 0.6 is 15.9 Å². The monoisotopic (exact) mass is 488 g/mol. The van der Waals surface area contributed by atoms with Gasteiger partial charge in [0.1, 0.15) is 10.6 Å². The third-order valence-electron chi connectivity index (χ3n) is 4.35. The molecule has 3 rings (SSSR count). The summed E-state index contributed by atoms with van der Waals surface area (Å²) in [5, 5.41) is 2.75. The molecule has 0 unspecified atom stereocenters.